The fraction of sp³-hybridized carbons (Fsp3) is 0.0435. The number of carboxylic acids is 1. The quantitative estimate of drug-likeness (QED) is 0.493. The summed E-state index contributed by atoms with van der Waals surface area (Å²) in [6.45, 7) is 0. The first kappa shape index (κ1) is 19.3. The van der Waals surface area contributed by atoms with Crippen LogP contribution in [0.4, 0.5) is 8.78 Å². The van der Waals surface area contributed by atoms with Crippen LogP contribution in [0.1, 0.15) is 20.7 Å². The maximum Gasteiger partial charge on any atom is 0.335 e. The molecule has 0 aliphatic heterocycles. The molecule has 0 aliphatic rings. The summed E-state index contributed by atoms with van der Waals surface area (Å²) >= 11 is 0. The Hall–Kier alpha value is -4.00. The van der Waals surface area contributed by atoms with Crippen molar-refractivity contribution in [1.82, 2.24) is 5.32 Å². The van der Waals surface area contributed by atoms with Gasteiger partial charge >= 0.3 is 5.97 Å². The first-order valence-corrected chi connectivity index (χ1v) is 8.96. The van der Waals surface area contributed by atoms with Crippen LogP contribution in [-0.2, 0) is 0 Å². The lowest BCUT2D eigenvalue weighted by atomic mass is 9.99. The van der Waals surface area contributed by atoms with Gasteiger partial charge in [-0.1, -0.05) is 6.07 Å². The number of rotatable bonds is 4. The van der Waals surface area contributed by atoms with Gasteiger partial charge in [0, 0.05) is 18.0 Å². The molecule has 0 unspecified atom stereocenters. The zero-order chi connectivity index (χ0) is 21.4. The van der Waals surface area contributed by atoms with Gasteiger partial charge in [-0.2, -0.15) is 0 Å². The van der Waals surface area contributed by atoms with Crippen molar-refractivity contribution in [3.63, 3.8) is 0 Å². The first-order valence-electron chi connectivity index (χ1n) is 8.96. The van der Waals surface area contributed by atoms with Gasteiger partial charge in [0.15, 0.2) is 0 Å². The van der Waals surface area contributed by atoms with E-state index in [-0.39, 0.29) is 16.9 Å². The summed E-state index contributed by atoms with van der Waals surface area (Å²) in [4.78, 5) is 23.9. The molecule has 0 spiro atoms. The topological polar surface area (TPSA) is 79.5 Å². The van der Waals surface area contributed by atoms with Crippen LogP contribution < -0.4 is 5.32 Å². The number of carboxylic acid groups (broad SMARTS) is 1. The summed E-state index contributed by atoms with van der Waals surface area (Å²) in [7, 11) is 1.48. The van der Waals surface area contributed by atoms with Crippen LogP contribution in [0.5, 0.6) is 0 Å². The van der Waals surface area contributed by atoms with Gasteiger partial charge in [0.1, 0.15) is 23.0 Å². The number of halogens is 2. The highest BCUT2D eigenvalue weighted by Crippen LogP contribution is 2.36. The summed E-state index contributed by atoms with van der Waals surface area (Å²) in [5.41, 5.74) is 1.85. The van der Waals surface area contributed by atoms with Crippen molar-refractivity contribution in [3.8, 4) is 22.5 Å². The minimum atomic E-state index is -1.25. The van der Waals surface area contributed by atoms with Crippen LogP contribution in [0, 0.1) is 11.6 Å². The molecule has 4 aromatic rings. The van der Waals surface area contributed by atoms with Gasteiger partial charge in [-0.3, -0.25) is 4.79 Å². The van der Waals surface area contributed by atoms with E-state index in [1.807, 2.05) is 0 Å². The Bertz CT molecular complexity index is 1290. The molecule has 5 nitrogen and oxygen atoms in total. The van der Waals surface area contributed by atoms with E-state index >= 15 is 0 Å². The molecule has 4 rings (SSSR count). The van der Waals surface area contributed by atoms with E-state index in [0.717, 1.165) is 6.07 Å². The minimum absolute atomic E-state index is 0.184. The second-order valence-electron chi connectivity index (χ2n) is 6.64. The van der Waals surface area contributed by atoms with Crippen LogP contribution in [0.25, 0.3) is 33.4 Å². The summed E-state index contributed by atoms with van der Waals surface area (Å²) < 4.78 is 33.1. The van der Waals surface area contributed by atoms with Crippen molar-refractivity contribution in [3.05, 3.63) is 83.4 Å². The highest BCUT2D eigenvalue weighted by atomic mass is 19.1. The average molecular weight is 407 g/mol. The van der Waals surface area contributed by atoms with E-state index in [1.54, 1.807) is 18.2 Å². The standard InChI is InChI=1S/C23H15F2NO4/c1-26-22(27)20-18-11-13(14-8-15(23(28)29)10-17(25)9-14)4-7-19(18)30-21(20)12-2-5-16(24)6-3-12/h2-11H,1H3,(H,26,27)(H,28,29). The lowest BCUT2D eigenvalue weighted by Crippen LogP contribution is -2.18. The molecule has 3 aromatic carbocycles. The molecule has 0 fully saturated rings. The third-order valence-electron chi connectivity index (χ3n) is 4.73. The predicted molar refractivity (Wildman–Crippen MR) is 107 cm³/mol. The van der Waals surface area contributed by atoms with Gasteiger partial charge in [-0.15, -0.1) is 0 Å². The Balaban J connectivity index is 1.94. The van der Waals surface area contributed by atoms with Crippen molar-refractivity contribution < 1.29 is 27.9 Å². The maximum absolute atomic E-state index is 13.9. The van der Waals surface area contributed by atoms with Gasteiger partial charge in [-0.25, -0.2) is 13.6 Å². The Kier molecular flexibility index (Phi) is 4.79. The third-order valence-corrected chi connectivity index (χ3v) is 4.73. The van der Waals surface area contributed by atoms with Crippen molar-refractivity contribution >= 4 is 22.8 Å². The Labute approximate surface area is 169 Å². The summed E-state index contributed by atoms with van der Waals surface area (Å²) in [5.74, 6) is -2.48. The van der Waals surface area contributed by atoms with E-state index in [2.05, 4.69) is 5.32 Å². The number of nitrogens with one attached hydrogen (secondary N) is 1. The molecule has 0 radical (unpaired) electrons. The highest BCUT2D eigenvalue weighted by Gasteiger charge is 2.22. The van der Waals surface area contributed by atoms with Gasteiger partial charge in [0.2, 0.25) is 0 Å². The lowest BCUT2D eigenvalue weighted by molar-refractivity contribution is 0.0696. The molecule has 30 heavy (non-hydrogen) atoms. The molecule has 0 bridgehead atoms. The zero-order valence-corrected chi connectivity index (χ0v) is 15.7. The molecule has 1 amide bonds. The third kappa shape index (κ3) is 3.41. The van der Waals surface area contributed by atoms with Gasteiger partial charge in [0.05, 0.1) is 11.1 Å². The second-order valence-corrected chi connectivity index (χ2v) is 6.64. The van der Waals surface area contributed by atoms with Crippen molar-refractivity contribution in [2.75, 3.05) is 7.05 Å². The number of amides is 1. The first-order chi connectivity index (χ1) is 14.4. The number of hydrogen-bond donors (Lipinski definition) is 2. The van der Waals surface area contributed by atoms with Crippen molar-refractivity contribution in [2.45, 2.75) is 0 Å². The maximum atomic E-state index is 13.9. The second kappa shape index (κ2) is 7.44. The molecule has 0 atom stereocenters. The molecule has 1 aromatic heterocycles. The van der Waals surface area contributed by atoms with Crippen LogP contribution in [0.2, 0.25) is 0 Å². The number of carbonyl (C=O) groups is 2. The molecule has 0 saturated carbocycles. The average Bonchev–Trinajstić information content (AvgIpc) is 3.11. The smallest absolute Gasteiger partial charge is 0.335 e. The number of carbonyl (C=O) groups excluding carboxylic acids is 1. The Morgan fingerprint density at radius 1 is 0.867 bits per heavy atom. The highest BCUT2D eigenvalue weighted by molar-refractivity contribution is 6.11. The lowest BCUT2D eigenvalue weighted by Gasteiger charge is -2.05. The molecule has 2 N–H and O–H groups in total. The molecular weight excluding hydrogens is 392 g/mol. The largest absolute Gasteiger partial charge is 0.478 e. The fourth-order valence-electron chi connectivity index (χ4n) is 3.31. The van der Waals surface area contributed by atoms with Gasteiger partial charge in [-0.05, 0) is 65.7 Å². The minimum Gasteiger partial charge on any atom is -0.478 e. The number of fused-ring (bicyclic) bond motifs is 1. The van der Waals surface area contributed by atoms with Crippen LogP contribution in [0.15, 0.2) is 65.1 Å². The monoisotopic (exact) mass is 407 g/mol. The van der Waals surface area contributed by atoms with Crippen molar-refractivity contribution in [1.29, 1.82) is 0 Å². The van der Waals surface area contributed by atoms with Gasteiger partial charge < -0.3 is 14.8 Å². The summed E-state index contributed by atoms with van der Waals surface area (Å²) in [6.07, 6.45) is 0. The van der Waals surface area contributed by atoms with E-state index in [0.29, 0.717) is 27.7 Å². The SMILES string of the molecule is CNC(=O)c1c(-c2ccc(F)cc2)oc2ccc(-c3cc(F)cc(C(=O)O)c3)cc12. The van der Waals surface area contributed by atoms with Crippen LogP contribution in [-0.4, -0.2) is 24.0 Å². The fourth-order valence-corrected chi connectivity index (χ4v) is 3.31. The molecule has 7 heteroatoms. The predicted octanol–water partition coefficient (Wildman–Crippen LogP) is 5.10. The molecule has 0 aliphatic carbocycles. The number of aromatic carboxylic acids is 1. The number of benzene rings is 3. The summed E-state index contributed by atoms with van der Waals surface area (Å²) in [5, 5.41) is 12.2. The van der Waals surface area contributed by atoms with Crippen LogP contribution in [0.3, 0.4) is 0 Å². The van der Waals surface area contributed by atoms with Crippen molar-refractivity contribution in [2.24, 2.45) is 0 Å². The molecule has 150 valence electrons. The normalized spacial score (nSPS) is 10.9. The Morgan fingerprint density at radius 2 is 1.57 bits per heavy atom. The number of hydrogen-bond acceptors (Lipinski definition) is 3. The zero-order valence-electron chi connectivity index (χ0n) is 15.7. The molecule has 0 saturated heterocycles. The van der Waals surface area contributed by atoms with Crippen LogP contribution >= 0.6 is 0 Å². The van der Waals surface area contributed by atoms with E-state index in [1.165, 1.54) is 43.4 Å². The molecular formula is C23H15F2NO4. The number of furan rings is 1. The Morgan fingerprint density at radius 3 is 2.23 bits per heavy atom. The van der Waals surface area contributed by atoms with E-state index in [4.69, 9.17) is 4.42 Å². The van der Waals surface area contributed by atoms with Gasteiger partial charge in [0.25, 0.3) is 5.91 Å². The van der Waals surface area contributed by atoms with E-state index in [9.17, 15) is 23.5 Å². The summed E-state index contributed by atoms with van der Waals surface area (Å²) in [6, 6.07) is 14.0. The van der Waals surface area contributed by atoms with E-state index < -0.39 is 23.5 Å². The molecule has 1 heterocycles.